The van der Waals surface area contributed by atoms with Crippen molar-refractivity contribution >= 4 is 17.2 Å². The number of nitrogens with zero attached hydrogens (tertiary/aromatic N) is 2. The molecular formula is C12H22N4OS. The molecule has 5 nitrogen and oxygen atoms in total. The summed E-state index contributed by atoms with van der Waals surface area (Å²) >= 11 is 1.64. The van der Waals surface area contributed by atoms with Crippen LogP contribution in [0.3, 0.4) is 0 Å². The van der Waals surface area contributed by atoms with Gasteiger partial charge in [-0.3, -0.25) is 9.69 Å². The van der Waals surface area contributed by atoms with Crippen LogP contribution in [0.25, 0.3) is 0 Å². The standard InChI is InChI=1S/C12H22N4OS/c1-4-14-12(17)5-11(6-13)16(3)7-10-8-18-9(2)15-10/h8,11H,4-7,13H2,1-3H3,(H,14,17). The molecule has 0 radical (unpaired) electrons. The number of amides is 1. The van der Waals surface area contributed by atoms with E-state index in [1.54, 1.807) is 11.3 Å². The van der Waals surface area contributed by atoms with Gasteiger partial charge in [0.05, 0.1) is 10.7 Å². The van der Waals surface area contributed by atoms with E-state index in [1.165, 1.54) is 0 Å². The monoisotopic (exact) mass is 270 g/mol. The van der Waals surface area contributed by atoms with Crippen LogP contribution in [0, 0.1) is 6.92 Å². The molecule has 1 aromatic heterocycles. The molecule has 0 aliphatic rings. The Labute approximate surface area is 112 Å². The number of hydrogen-bond acceptors (Lipinski definition) is 5. The van der Waals surface area contributed by atoms with Crippen LogP contribution in [0.1, 0.15) is 24.0 Å². The minimum absolute atomic E-state index is 0.0502. The van der Waals surface area contributed by atoms with E-state index in [-0.39, 0.29) is 11.9 Å². The number of likely N-dealkylation sites (N-methyl/N-ethyl adjacent to an activating group) is 1. The quantitative estimate of drug-likeness (QED) is 0.766. The summed E-state index contributed by atoms with van der Waals surface area (Å²) in [5, 5.41) is 5.91. The van der Waals surface area contributed by atoms with Gasteiger partial charge in [-0.2, -0.15) is 0 Å². The highest BCUT2D eigenvalue weighted by atomic mass is 32.1. The van der Waals surface area contributed by atoms with E-state index >= 15 is 0 Å². The van der Waals surface area contributed by atoms with Crippen LogP contribution in [0.5, 0.6) is 0 Å². The molecule has 0 fully saturated rings. The van der Waals surface area contributed by atoms with Crippen LogP contribution in [-0.4, -0.2) is 42.0 Å². The van der Waals surface area contributed by atoms with E-state index in [2.05, 4.69) is 15.2 Å². The van der Waals surface area contributed by atoms with Gasteiger partial charge in [-0.25, -0.2) is 4.98 Å². The summed E-state index contributed by atoms with van der Waals surface area (Å²) in [5.41, 5.74) is 6.77. The molecule has 1 amide bonds. The van der Waals surface area contributed by atoms with Gasteiger partial charge in [0.25, 0.3) is 0 Å². The Hall–Kier alpha value is -0.980. The predicted molar refractivity (Wildman–Crippen MR) is 74.5 cm³/mol. The smallest absolute Gasteiger partial charge is 0.221 e. The number of rotatable bonds is 7. The zero-order valence-corrected chi connectivity index (χ0v) is 12.1. The minimum atomic E-state index is 0.0502. The third kappa shape index (κ3) is 4.72. The minimum Gasteiger partial charge on any atom is -0.356 e. The SMILES string of the molecule is CCNC(=O)CC(CN)N(C)Cc1csc(C)n1. The van der Waals surface area contributed by atoms with Crippen LogP contribution in [-0.2, 0) is 11.3 Å². The average molecular weight is 270 g/mol. The molecule has 0 saturated carbocycles. The van der Waals surface area contributed by atoms with Crippen LogP contribution in [0.2, 0.25) is 0 Å². The van der Waals surface area contributed by atoms with Gasteiger partial charge in [-0.1, -0.05) is 0 Å². The molecule has 0 bridgehead atoms. The zero-order chi connectivity index (χ0) is 13.5. The highest BCUT2D eigenvalue weighted by Gasteiger charge is 2.17. The van der Waals surface area contributed by atoms with E-state index in [9.17, 15) is 4.79 Å². The number of carbonyl (C=O) groups excluding carboxylic acids is 1. The third-order valence-corrected chi connectivity index (χ3v) is 3.59. The second-order valence-corrected chi connectivity index (χ2v) is 5.38. The fourth-order valence-electron chi connectivity index (χ4n) is 1.77. The van der Waals surface area contributed by atoms with Gasteiger partial charge in [0.15, 0.2) is 0 Å². The van der Waals surface area contributed by atoms with E-state index in [1.807, 2.05) is 26.3 Å². The van der Waals surface area contributed by atoms with E-state index < -0.39 is 0 Å². The lowest BCUT2D eigenvalue weighted by molar-refractivity contribution is -0.122. The molecule has 102 valence electrons. The maximum atomic E-state index is 11.6. The molecular weight excluding hydrogens is 248 g/mol. The lowest BCUT2D eigenvalue weighted by Gasteiger charge is -2.25. The first kappa shape index (κ1) is 15.1. The fourth-order valence-corrected chi connectivity index (χ4v) is 2.37. The zero-order valence-electron chi connectivity index (χ0n) is 11.3. The van der Waals surface area contributed by atoms with Crippen LogP contribution in [0.15, 0.2) is 5.38 Å². The number of aryl methyl sites for hydroxylation is 1. The second-order valence-electron chi connectivity index (χ2n) is 4.32. The number of carbonyl (C=O) groups is 1. The molecule has 1 aromatic rings. The normalized spacial score (nSPS) is 12.7. The largest absolute Gasteiger partial charge is 0.356 e. The summed E-state index contributed by atoms with van der Waals surface area (Å²) in [6.07, 6.45) is 0.434. The Morgan fingerprint density at radius 3 is 2.89 bits per heavy atom. The first-order valence-electron chi connectivity index (χ1n) is 6.14. The molecule has 1 unspecified atom stereocenters. The van der Waals surface area contributed by atoms with Gasteiger partial charge < -0.3 is 11.1 Å². The van der Waals surface area contributed by atoms with E-state index in [4.69, 9.17) is 5.73 Å². The molecule has 1 atom stereocenters. The summed E-state index contributed by atoms with van der Waals surface area (Å²) in [7, 11) is 1.98. The van der Waals surface area contributed by atoms with Crippen molar-refractivity contribution in [3.63, 3.8) is 0 Å². The van der Waals surface area contributed by atoms with Gasteiger partial charge in [0, 0.05) is 37.5 Å². The highest BCUT2D eigenvalue weighted by Crippen LogP contribution is 2.12. The number of thiazole rings is 1. The Bertz CT molecular complexity index is 380. The van der Waals surface area contributed by atoms with Crippen LogP contribution in [0.4, 0.5) is 0 Å². The molecule has 0 aromatic carbocycles. The van der Waals surface area contributed by atoms with Crippen molar-refractivity contribution in [3.8, 4) is 0 Å². The average Bonchev–Trinajstić information content (AvgIpc) is 2.72. The number of nitrogens with one attached hydrogen (secondary N) is 1. The van der Waals surface area contributed by atoms with Crippen molar-refractivity contribution in [2.75, 3.05) is 20.1 Å². The summed E-state index contributed by atoms with van der Waals surface area (Å²) in [5.74, 6) is 0.0502. The highest BCUT2D eigenvalue weighted by molar-refractivity contribution is 7.09. The number of hydrogen-bond donors (Lipinski definition) is 2. The van der Waals surface area contributed by atoms with Crippen molar-refractivity contribution in [2.24, 2.45) is 5.73 Å². The third-order valence-electron chi connectivity index (χ3n) is 2.77. The summed E-state index contributed by atoms with van der Waals surface area (Å²) in [6, 6.07) is 0.0542. The lowest BCUT2D eigenvalue weighted by Crippen LogP contribution is -2.41. The van der Waals surface area contributed by atoms with Crippen LogP contribution >= 0.6 is 11.3 Å². The maximum Gasteiger partial charge on any atom is 0.221 e. The summed E-state index contributed by atoms with van der Waals surface area (Å²) in [6.45, 7) is 5.76. The first-order valence-corrected chi connectivity index (χ1v) is 7.02. The second kappa shape index (κ2) is 7.45. The molecule has 0 aliphatic heterocycles. The molecule has 18 heavy (non-hydrogen) atoms. The molecule has 0 aliphatic carbocycles. The number of aromatic nitrogens is 1. The maximum absolute atomic E-state index is 11.6. The molecule has 0 saturated heterocycles. The Morgan fingerprint density at radius 1 is 1.67 bits per heavy atom. The fraction of sp³-hybridized carbons (Fsp3) is 0.667. The van der Waals surface area contributed by atoms with Crippen LogP contribution < -0.4 is 11.1 Å². The van der Waals surface area contributed by atoms with Crippen molar-refractivity contribution in [3.05, 3.63) is 16.1 Å². The lowest BCUT2D eigenvalue weighted by atomic mass is 10.1. The topological polar surface area (TPSA) is 71.2 Å². The first-order chi connectivity index (χ1) is 8.56. The summed E-state index contributed by atoms with van der Waals surface area (Å²) < 4.78 is 0. The molecule has 1 heterocycles. The number of nitrogens with two attached hydrogens (primary N) is 1. The Morgan fingerprint density at radius 2 is 2.39 bits per heavy atom. The molecule has 0 spiro atoms. The molecule has 1 rings (SSSR count). The van der Waals surface area contributed by atoms with E-state index in [0.717, 1.165) is 17.2 Å². The van der Waals surface area contributed by atoms with Crippen molar-refractivity contribution in [1.29, 1.82) is 0 Å². The van der Waals surface area contributed by atoms with Gasteiger partial charge >= 0.3 is 0 Å². The van der Waals surface area contributed by atoms with Gasteiger partial charge in [-0.15, -0.1) is 11.3 Å². The molecule has 6 heteroatoms. The Balaban J connectivity index is 2.51. The Kier molecular flexibility index (Phi) is 6.24. The van der Waals surface area contributed by atoms with Crippen molar-refractivity contribution in [2.45, 2.75) is 32.9 Å². The predicted octanol–water partition coefficient (Wildman–Crippen LogP) is 0.737. The van der Waals surface area contributed by atoms with Crippen molar-refractivity contribution in [1.82, 2.24) is 15.2 Å². The molecule has 3 N–H and O–H groups in total. The van der Waals surface area contributed by atoms with Gasteiger partial charge in [0.1, 0.15) is 0 Å². The van der Waals surface area contributed by atoms with E-state index in [0.29, 0.717) is 19.5 Å². The summed E-state index contributed by atoms with van der Waals surface area (Å²) in [4.78, 5) is 18.1. The van der Waals surface area contributed by atoms with Gasteiger partial charge in [0.2, 0.25) is 5.91 Å². The van der Waals surface area contributed by atoms with Gasteiger partial charge in [-0.05, 0) is 20.9 Å². The van der Waals surface area contributed by atoms with Crippen molar-refractivity contribution < 1.29 is 4.79 Å².